The number of hydrogen-bond acceptors (Lipinski definition) is 6. The van der Waals surface area contributed by atoms with Crippen molar-refractivity contribution in [1.82, 2.24) is 10.2 Å². The number of amides is 1. The highest BCUT2D eigenvalue weighted by molar-refractivity contribution is 7.15. The Balaban J connectivity index is 2.17. The Morgan fingerprint density at radius 1 is 1.43 bits per heavy atom. The molecule has 1 heterocycles. The molecule has 0 saturated heterocycles. The van der Waals surface area contributed by atoms with E-state index < -0.39 is 10.8 Å². The quantitative estimate of drug-likeness (QED) is 0.638. The number of carbonyl (C=O) groups is 1. The molecular weight excluding hydrogens is 316 g/mol. The number of nitrogens with one attached hydrogen (secondary N) is 1. The van der Waals surface area contributed by atoms with E-state index in [2.05, 4.69) is 29.4 Å². The molecule has 1 aromatic carbocycles. The van der Waals surface area contributed by atoms with E-state index in [0.29, 0.717) is 16.6 Å². The van der Waals surface area contributed by atoms with E-state index in [1.807, 2.05) is 0 Å². The van der Waals surface area contributed by atoms with E-state index in [0.717, 1.165) is 17.8 Å². The minimum atomic E-state index is -0.498. The summed E-state index contributed by atoms with van der Waals surface area (Å²) in [6.07, 6.45) is 2.06. The van der Waals surface area contributed by atoms with Gasteiger partial charge < -0.3 is 0 Å². The van der Waals surface area contributed by atoms with Gasteiger partial charge in [0.2, 0.25) is 5.13 Å². The maximum absolute atomic E-state index is 12.3. The summed E-state index contributed by atoms with van der Waals surface area (Å²) in [6.45, 7) is 5.73. The average molecular weight is 334 g/mol. The van der Waals surface area contributed by atoms with Gasteiger partial charge in [-0.15, -0.1) is 10.2 Å². The SMILES string of the molecule is CCC[C@H](C)c1nnc(NC(=O)c2cccc([N+](=O)[O-])c2C)s1. The summed E-state index contributed by atoms with van der Waals surface area (Å²) in [7, 11) is 0. The summed E-state index contributed by atoms with van der Waals surface area (Å²) < 4.78 is 0. The standard InChI is InChI=1S/C15H18N4O3S/c1-4-6-9(2)14-17-18-15(23-14)16-13(20)11-7-5-8-12(10(11)3)19(21)22/h5,7-9H,4,6H2,1-3H3,(H,16,18,20)/t9-/m0/s1. The van der Waals surface area contributed by atoms with E-state index in [1.165, 1.54) is 23.5 Å². The predicted octanol–water partition coefficient (Wildman–Crippen LogP) is 3.91. The number of nitro benzene ring substituents is 1. The zero-order valence-corrected chi connectivity index (χ0v) is 14.0. The molecule has 0 radical (unpaired) electrons. The first-order valence-electron chi connectivity index (χ1n) is 7.32. The van der Waals surface area contributed by atoms with Crippen LogP contribution in [0.3, 0.4) is 0 Å². The lowest BCUT2D eigenvalue weighted by atomic mass is 10.1. The van der Waals surface area contributed by atoms with Crippen LogP contribution in [-0.4, -0.2) is 21.0 Å². The number of anilines is 1. The number of aromatic nitrogens is 2. The molecule has 7 nitrogen and oxygen atoms in total. The zero-order valence-electron chi connectivity index (χ0n) is 13.2. The van der Waals surface area contributed by atoms with Gasteiger partial charge in [-0.3, -0.25) is 20.2 Å². The van der Waals surface area contributed by atoms with Crippen molar-refractivity contribution in [2.45, 2.75) is 39.5 Å². The molecule has 8 heteroatoms. The summed E-state index contributed by atoms with van der Waals surface area (Å²) in [5.74, 6) is -0.125. The highest BCUT2D eigenvalue weighted by Crippen LogP contribution is 2.27. The minimum Gasteiger partial charge on any atom is -0.296 e. The summed E-state index contributed by atoms with van der Waals surface area (Å²) in [5.41, 5.74) is 0.517. The highest BCUT2D eigenvalue weighted by Gasteiger charge is 2.19. The number of hydrogen-bond donors (Lipinski definition) is 1. The van der Waals surface area contributed by atoms with E-state index in [4.69, 9.17) is 0 Å². The molecule has 0 aliphatic heterocycles. The van der Waals surface area contributed by atoms with Gasteiger partial charge in [-0.25, -0.2) is 0 Å². The lowest BCUT2D eigenvalue weighted by Gasteiger charge is -2.05. The van der Waals surface area contributed by atoms with Gasteiger partial charge in [0.1, 0.15) is 5.01 Å². The van der Waals surface area contributed by atoms with Gasteiger partial charge in [0.05, 0.1) is 4.92 Å². The van der Waals surface area contributed by atoms with Crippen LogP contribution in [0.4, 0.5) is 10.8 Å². The molecule has 1 atom stereocenters. The second-order valence-electron chi connectivity index (χ2n) is 5.30. The normalized spacial score (nSPS) is 12.0. The van der Waals surface area contributed by atoms with Crippen molar-refractivity contribution in [2.24, 2.45) is 0 Å². The van der Waals surface area contributed by atoms with Crippen LogP contribution in [0.25, 0.3) is 0 Å². The molecule has 2 rings (SSSR count). The Bertz CT molecular complexity index is 729. The number of rotatable bonds is 6. The Morgan fingerprint density at radius 2 is 2.17 bits per heavy atom. The topological polar surface area (TPSA) is 98.0 Å². The lowest BCUT2D eigenvalue weighted by Crippen LogP contribution is -2.14. The molecule has 0 spiro atoms. The van der Waals surface area contributed by atoms with E-state index in [1.54, 1.807) is 13.0 Å². The summed E-state index contributed by atoms with van der Waals surface area (Å²) in [6, 6.07) is 4.43. The minimum absolute atomic E-state index is 0.0767. The second kappa shape index (κ2) is 7.28. The number of nitro groups is 1. The largest absolute Gasteiger partial charge is 0.296 e. The highest BCUT2D eigenvalue weighted by atomic mass is 32.1. The molecule has 1 aromatic heterocycles. The van der Waals surface area contributed by atoms with Crippen molar-refractivity contribution in [1.29, 1.82) is 0 Å². The molecule has 0 aliphatic rings. The Morgan fingerprint density at radius 3 is 2.83 bits per heavy atom. The second-order valence-corrected chi connectivity index (χ2v) is 6.31. The fourth-order valence-electron chi connectivity index (χ4n) is 2.27. The van der Waals surface area contributed by atoms with Gasteiger partial charge in [0.15, 0.2) is 0 Å². The summed E-state index contributed by atoms with van der Waals surface area (Å²) in [4.78, 5) is 22.8. The number of benzene rings is 1. The summed E-state index contributed by atoms with van der Waals surface area (Å²) in [5, 5.41) is 23.0. The van der Waals surface area contributed by atoms with E-state index in [-0.39, 0.29) is 11.3 Å². The number of nitrogens with zero attached hydrogens (tertiary/aromatic N) is 3. The molecule has 2 aromatic rings. The lowest BCUT2D eigenvalue weighted by molar-refractivity contribution is -0.385. The van der Waals surface area contributed by atoms with Gasteiger partial charge >= 0.3 is 0 Å². The third-order valence-electron chi connectivity index (χ3n) is 3.55. The Hall–Kier alpha value is -2.35. The van der Waals surface area contributed by atoms with Crippen LogP contribution in [0.15, 0.2) is 18.2 Å². The van der Waals surface area contributed by atoms with Crippen LogP contribution in [0, 0.1) is 17.0 Å². The van der Waals surface area contributed by atoms with Crippen LogP contribution < -0.4 is 5.32 Å². The van der Waals surface area contributed by atoms with Gasteiger partial charge in [-0.1, -0.05) is 37.7 Å². The van der Waals surface area contributed by atoms with Crippen LogP contribution in [0.2, 0.25) is 0 Å². The third kappa shape index (κ3) is 3.89. The van der Waals surface area contributed by atoms with Gasteiger partial charge in [-0.05, 0) is 19.4 Å². The average Bonchev–Trinajstić information content (AvgIpc) is 2.96. The van der Waals surface area contributed by atoms with Crippen LogP contribution in [0.5, 0.6) is 0 Å². The fraction of sp³-hybridized carbons (Fsp3) is 0.400. The van der Waals surface area contributed by atoms with Gasteiger partial charge in [-0.2, -0.15) is 0 Å². The first-order valence-corrected chi connectivity index (χ1v) is 8.14. The van der Waals surface area contributed by atoms with Crippen molar-refractivity contribution in [3.63, 3.8) is 0 Å². The predicted molar refractivity (Wildman–Crippen MR) is 89.0 cm³/mol. The Labute approximate surface area is 137 Å². The first kappa shape index (κ1) is 17.0. The van der Waals surface area contributed by atoms with Crippen LogP contribution >= 0.6 is 11.3 Å². The number of carbonyl (C=O) groups excluding carboxylic acids is 1. The molecule has 0 unspecified atom stereocenters. The fourth-order valence-corrected chi connectivity index (χ4v) is 3.10. The zero-order chi connectivity index (χ0) is 17.0. The van der Waals surface area contributed by atoms with Gasteiger partial charge in [0.25, 0.3) is 11.6 Å². The molecule has 122 valence electrons. The molecule has 0 aliphatic carbocycles. The van der Waals surface area contributed by atoms with Crippen molar-refractivity contribution < 1.29 is 9.72 Å². The van der Waals surface area contributed by atoms with E-state index in [9.17, 15) is 14.9 Å². The van der Waals surface area contributed by atoms with Crippen molar-refractivity contribution in [2.75, 3.05) is 5.32 Å². The third-order valence-corrected chi connectivity index (χ3v) is 4.62. The first-order chi connectivity index (χ1) is 10.9. The molecule has 0 bridgehead atoms. The molecule has 0 fully saturated rings. The van der Waals surface area contributed by atoms with Gasteiger partial charge in [0, 0.05) is 23.1 Å². The molecular formula is C15H18N4O3S. The van der Waals surface area contributed by atoms with Crippen molar-refractivity contribution >= 4 is 28.1 Å². The molecule has 23 heavy (non-hydrogen) atoms. The van der Waals surface area contributed by atoms with Crippen LogP contribution in [-0.2, 0) is 0 Å². The Kier molecular flexibility index (Phi) is 5.38. The van der Waals surface area contributed by atoms with Crippen LogP contribution in [0.1, 0.15) is 53.5 Å². The monoisotopic (exact) mass is 334 g/mol. The summed E-state index contributed by atoms with van der Waals surface area (Å²) >= 11 is 1.33. The maximum Gasteiger partial charge on any atom is 0.273 e. The maximum atomic E-state index is 12.3. The van der Waals surface area contributed by atoms with E-state index >= 15 is 0 Å². The van der Waals surface area contributed by atoms with Crippen molar-refractivity contribution in [3.05, 3.63) is 44.4 Å². The van der Waals surface area contributed by atoms with Crippen molar-refractivity contribution in [3.8, 4) is 0 Å². The molecule has 0 saturated carbocycles. The molecule has 1 N–H and O–H groups in total. The smallest absolute Gasteiger partial charge is 0.273 e. The molecule has 1 amide bonds.